The average molecular weight is 381 g/mol. The van der Waals surface area contributed by atoms with E-state index in [0.717, 1.165) is 6.42 Å². The topological polar surface area (TPSA) is 38.8 Å². The van der Waals surface area contributed by atoms with E-state index in [-0.39, 0.29) is 18.1 Å². The standard InChI is InChI=1S/C23H32N4O/c1-16-13-20(26(4)5)12-9-18(16)15-22-24-21(23(28)27(22)6)14-17-7-10-19(11-8-17)25(2)3/h7-13,21-22,24H,14-15H2,1-6H3/t21-,22+/m0/s1. The Morgan fingerprint density at radius 3 is 2.11 bits per heavy atom. The van der Waals surface area contributed by atoms with E-state index >= 15 is 0 Å². The summed E-state index contributed by atoms with van der Waals surface area (Å²) >= 11 is 0. The van der Waals surface area contributed by atoms with Crippen LogP contribution in [0.15, 0.2) is 42.5 Å². The molecule has 0 aliphatic carbocycles. The normalized spacial score (nSPS) is 19.2. The number of amides is 1. The molecular weight excluding hydrogens is 348 g/mol. The minimum atomic E-state index is -0.165. The fraction of sp³-hybridized carbons (Fsp3) is 0.435. The summed E-state index contributed by atoms with van der Waals surface area (Å²) in [4.78, 5) is 18.8. The smallest absolute Gasteiger partial charge is 0.241 e. The first kappa shape index (κ1) is 20.2. The molecular formula is C23H32N4O. The highest BCUT2D eigenvalue weighted by atomic mass is 16.2. The molecule has 0 spiro atoms. The molecule has 0 unspecified atom stereocenters. The van der Waals surface area contributed by atoms with E-state index in [2.05, 4.69) is 78.6 Å². The van der Waals surface area contributed by atoms with Crippen molar-refractivity contribution in [2.75, 3.05) is 45.0 Å². The molecule has 2 aromatic rings. The van der Waals surface area contributed by atoms with Gasteiger partial charge in [-0.05, 0) is 54.3 Å². The van der Waals surface area contributed by atoms with Crippen molar-refractivity contribution in [2.45, 2.75) is 32.0 Å². The van der Waals surface area contributed by atoms with Crippen LogP contribution in [-0.2, 0) is 17.6 Å². The Morgan fingerprint density at radius 1 is 0.929 bits per heavy atom. The molecule has 1 heterocycles. The maximum Gasteiger partial charge on any atom is 0.241 e. The quantitative estimate of drug-likeness (QED) is 0.836. The third-order valence-electron chi connectivity index (χ3n) is 5.66. The number of anilines is 2. The number of hydrogen-bond donors (Lipinski definition) is 1. The fourth-order valence-corrected chi connectivity index (χ4v) is 3.72. The largest absolute Gasteiger partial charge is 0.378 e. The first-order chi connectivity index (χ1) is 13.3. The van der Waals surface area contributed by atoms with Crippen molar-refractivity contribution >= 4 is 17.3 Å². The second kappa shape index (κ2) is 8.23. The molecule has 0 radical (unpaired) electrons. The summed E-state index contributed by atoms with van der Waals surface area (Å²) in [5, 5.41) is 3.54. The van der Waals surface area contributed by atoms with Gasteiger partial charge < -0.3 is 14.7 Å². The van der Waals surface area contributed by atoms with Crippen LogP contribution >= 0.6 is 0 Å². The van der Waals surface area contributed by atoms with Crippen LogP contribution in [-0.4, -0.2) is 58.3 Å². The lowest BCUT2D eigenvalue weighted by atomic mass is 10.0. The van der Waals surface area contributed by atoms with Crippen molar-refractivity contribution in [3.63, 3.8) is 0 Å². The summed E-state index contributed by atoms with van der Waals surface area (Å²) in [6.45, 7) is 2.14. The Morgan fingerprint density at radius 2 is 1.54 bits per heavy atom. The predicted molar refractivity (Wildman–Crippen MR) is 117 cm³/mol. The molecule has 28 heavy (non-hydrogen) atoms. The first-order valence-corrected chi connectivity index (χ1v) is 9.82. The van der Waals surface area contributed by atoms with Crippen molar-refractivity contribution in [2.24, 2.45) is 0 Å². The number of rotatable bonds is 6. The van der Waals surface area contributed by atoms with Crippen LogP contribution in [0.25, 0.3) is 0 Å². The molecule has 3 rings (SSSR count). The Bertz CT molecular complexity index is 829. The van der Waals surface area contributed by atoms with Gasteiger partial charge in [-0.3, -0.25) is 10.1 Å². The molecule has 1 aliphatic rings. The van der Waals surface area contributed by atoms with Gasteiger partial charge in [0.1, 0.15) is 0 Å². The average Bonchev–Trinajstić information content (AvgIpc) is 2.91. The summed E-state index contributed by atoms with van der Waals surface area (Å²) in [5.74, 6) is 0.171. The molecule has 1 saturated heterocycles. The van der Waals surface area contributed by atoms with Gasteiger partial charge in [-0.1, -0.05) is 18.2 Å². The van der Waals surface area contributed by atoms with Crippen LogP contribution < -0.4 is 15.1 Å². The number of nitrogens with zero attached hydrogens (tertiary/aromatic N) is 3. The lowest BCUT2D eigenvalue weighted by Crippen LogP contribution is -2.37. The monoisotopic (exact) mass is 380 g/mol. The maximum atomic E-state index is 12.8. The molecule has 150 valence electrons. The van der Waals surface area contributed by atoms with Crippen molar-refractivity contribution < 1.29 is 4.79 Å². The highest BCUT2D eigenvalue weighted by Crippen LogP contribution is 2.22. The van der Waals surface area contributed by atoms with Gasteiger partial charge in [0.05, 0.1) is 12.2 Å². The molecule has 2 atom stereocenters. The molecule has 1 fully saturated rings. The highest BCUT2D eigenvalue weighted by molar-refractivity contribution is 5.84. The molecule has 5 heteroatoms. The Kier molecular flexibility index (Phi) is 5.94. The van der Waals surface area contributed by atoms with Gasteiger partial charge in [0.15, 0.2) is 0 Å². The summed E-state index contributed by atoms with van der Waals surface area (Å²) in [5.41, 5.74) is 6.08. The van der Waals surface area contributed by atoms with E-state index < -0.39 is 0 Å². The van der Waals surface area contributed by atoms with Crippen molar-refractivity contribution in [1.82, 2.24) is 10.2 Å². The molecule has 1 N–H and O–H groups in total. The van der Waals surface area contributed by atoms with Gasteiger partial charge in [0.2, 0.25) is 5.91 Å². The van der Waals surface area contributed by atoms with Gasteiger partial charge >= 0.3 is 0 Å². The molecule has 1 aliphatic heterocycles. The first-order valence-electron chi connectivity index (χ1n) is 9.82. The lowest BCUT2D eigenvalue weighted by molar-refractivity contribution is -0.128. The number of carbonyl (C=O) groups is 1. The third-order valence-corrected chi connectivity index (χ3v) is 5.66. The van der Waals surface area contributed by atoms with Crippen LogP contribution in [0.2, 0.25) is 0 Å². The SMILES string of the molecule is Cc1cc(N(C)C)ccc1C[C@@H]1N[C@@H](Cc2ccc(N(C)C)cc2)C(=O)N1C. The second-order valence-corrected chi connectivity index (χ2v) is 8.16. The van der Waals surface area contributed by atoms with E-state index in [1.807, 2.05) is 26.0 Å². The van der Waals surface area contributed by atoms with E-state index in [1.165, 1.54) is 28.1 Å². The zero-order chi connectivity index (χ0) is 20.4. The molecule has 2 aromatic carbocycles. The maximum absolute atomic E-state index is 12.8. The zero-order valence-electron chi connectivity index (χ0n) is 17.9. The number of aryl methyl sites for hydroxylation is 1. The van der Waals surface area contributed by atoms with E-state index in [4.69, 9.17) is 0 Å². The molecule has 1 amide bonds. The third kappa shape index (κ3) is 4.30. The molecule has 0 bridgehead atoms. The van der Waals surface area contributed by atoms with E-state index in [9.17, 15) is 4.79 Å². The Balaban J connectivity index is 1.68. The number of hydrogen-bond acceptors (Lipinski definition) is 4. The lowest BCUT2D eigenvalue weighted by Gasteiger charge is -2.21. The second-order valence-electron chi connectivity index (χ2n) is 8.16. The molecule has 0 saturated carbocycles. The van der Waals surface area contributed by atoms with Gasteiger partial charge in [0, 0.05) is 53.0 Å². The zero-order valence-corrected chi connectivity index (χ0v) is 17.9. The summed E-state index contributed by atoms with van der Waals surface area (Å²) in [6, 6.07) is 14.8. The van der Waals surface area contributed by atoms with E-state index in [1.54, 1.807) is 0 Å². The minimum absolute atomic E-state index is 0.0301. The number of nitrogens with one attached hydrogen (secondary N) is 1. The fourth-order valence-electron chi connectivity index (χ4n) is 3.72. The van der Waals surface area contributed by atoms with Gasteiger partial charge in [-0.25, -0.2) is 0 Å². The van der Waals surface area contributed by atoms with Gasteiger partial charge in [-0.15, -0.1) is 0 Å². The van der Waals surface area contributed by atoms with Crippen molar-refractivity contribution in [3.8, 4) is 0 Å². The highest BCUT2D eigenvalue weighted by Gasteiger charge is 2.36. The van der Waals surface area contributed by atoms with Crippen molar-refractivity contribution in [1.29, 1.82) is 0 Å². The predicted octanol–water partition coefficient (Wildman–Crippen LogP) is 2.67. The van der Waals surface area contributed by atoms with Gasteiger partial charge in [-0.2, -0.15) is 0 Å². The van der Waals surface area contributed by atoms with Crippen LogP contribution in [0.1, 0.15) is 16.7 Å². The van der Waals surface area contributed by atoms with E-state index in [0.29, 0.717) is 6.42 Å². The molecule has 0 aromatic heterocycles. The van der Waals surface area contributed by atoms with Crippen LogP contribution in [0.5, 0.6) is 0 Å². The summed E-state index contributed by atoms with van der Waals surface area (Å²) < 4.78 is 0. The van der Waals surface area contributed by atoms with Gasteiger partial charge in [0.25, 0.3) is 0 Å². The minimum Gasteiger partial charge on any atom is -0.378 e. The number of likely N-dealkylation sites (N-methyl/N-ethyl adjacent to an activating group) is 1. The van der Waals surface area contributed by atoms with Crippen LogP contribution in [0.3, 0.4) is 0 Å². The summed E-state index contributed by atoms with van der Waals surface area (Å²) in [6.07, 6.45) is 1.56. The summed E-state index contributed by atoms with van der Waals surface area (Å²) in [7, 11) is 10.1. The Hall–Kier alpha value is -2.53. The van der Waals surface area contributed by atoms with Crippen molar-refractivity contribution in [3.05, 3.63) is 59.2 Å². The number of carbonyl (C=O) groups excluding carboxylic acids is 1. The Labute approximate surface area is 168 Å². The van der Waals surface area contributed by atoms with Crippen LogP contribution in [0, 0.1) is 6.92 Å². The van der Waals surface area contributed by atoms with Crippen LogP contribution in [0.4, 0.5) is 11.4 Å². The molecule has 5 nitrogen and oxygen atoms in total. The number of benzene rings is 2.